The summed E-state index contributed by atoms with van der Waals surface area (Å²) in [5.74, 6) is 1.34. The lowest BCUT2D eigenvalue weighted by atomic mass is 9.77. The Morgan fingerprint density at radius 2 is 1.61 bits per heavy atom. The fraction of sp³-hybridized carbons (Fsp3) is 0.259. The number of nitrogens with zero attached hydrogens (tertiary/aromatic N) is 4. The summed E-state index contributed by atoms with van der Waals surface area (Å²) in [6.45, 7) is 1.87. The third-order valence-corrected chi connectivity index (χ3v) is 6.50. The third-order valence-electron chi connectivity index (χ3n) is 6.50. The van der Waals surface area contributed by atoms with Crippen molar-refractivity contribution in [1.82, 2.24) is 19.9 Å². The molecule has 5 nitrogen and oxygen atoms in total. The van der Waals surface area contributed by atoms with Crippen molar-refractivity contribution in [2.75, 3.05) is 5.73 Å². The molecule has 4 aromatic rings. The first kappa shape index (κ1) is 21.2. The lowest BCUT2D eigenvalue weighted by Crippen LogP contribution is -2.13. The van der Waals surface area contributed by atoms with E-state index in [1.165, 1.54) is 24.4 Å². The molecule has 0 atom stereocenters. The molecule has 6 heteroatoms. The van der Waals surface area contributed by atoms with Gasteiger partial charge in [0.1, 0.15) is 17.5 Å². The summed E-state index contributed by atoms with van der Waals surface area (Å²) in [5.41, 5.74) is 11.8. The van der Waals surface area contributed by atoms with E-state index in [2.05, 4.69) is 50.3 Å². The minimum Gasteiger partial charge on any atom is -0.382 e. The first-order valence-corrected chi connectivity index (χ1v) is 11.4. The van der Waals surface area contributed by atoms with Crippen molar-refractivity contribution in [2.45, 2.75) is 44.9 Å². The Hall–Kier alpha value is -3.67. The number of hydrogen-bond acceptors (Lipinski definition) is 5. The molecule has 0 radical (unpaired) electrons. The van der Waals surface area contributed by atoms with Gasteiger partial charge in [0.25, 0.3) is 0 Å². The van der Waals surface area contributed by atoms with Gasteiger partial charge in [-0.1, -0.05) is 36.8 Å². The summed E-state index contributed by atoms with van der Waals surface area (Å²) in [7, 11) is 0. The number of rotatable bonds is 6. The average molecular weight is 440 g/mol. The number of nitrogens with two attached hydrogens (primary N) is 1. The van der Waals surface area contributed by atoms with Crippen LogP contribution in [-0.2, 0) is 12.8 Å². The average Bonchev–Trinajstić information content (AvgIpc) is 2.79. The van der Waals surface area contributed by atoms with Crippen LogP contribution in [0.15, 0.2) is 61.2 Å². The lowest BCUT2D eigenvalue weighted by Gasteiger charge is -2.29. The predicted octanol–water partition coefficient (Wildman–Crippen LogP) is 5.68. The molecule has 0 unspecified atom stereocenters. The molecule has 2 heterocycles. The molecule has 1 aliphatic rings. The van der Waals surface area contributed by atoms with Gasteiger partial charge in [-0.05, 0) is 66.8 Å². The smallest absolute Gasteiger partial charge is 0.141 e. The number of benzene rings is 2. The fourth-order valence-electron chi connectivity index (χ4n) is 4.34. The molecule has 0 bridgehead atoms. The van der Waals surface area contributed by atoms with Crippen molar-refractivity contribution in [3.05, 3.63) is 89.5 Å². The second kappa shape index (κ2) is 9.06. The topological polar surface area (TPSA) is 77.6 Å². The molecule has 33 heavy (non-hydrogen) atoms. The quantitative estimate of drug-likeness (QED) is 0.418. The Balaban J connectivity index is 1.40. The number of aryl methyl sites for hydroxylation is 2. The van der Waals surface area contributed by atoms with E-state index in [0.717, 1.165) is 47.3 Å². The van der Waals surface area contributed by atoms with E-state index in [1.54, 1.807) is 0 Å². The summed E-state index contributed by atoms with van der Waals surface area (Å²) < 4.78 is 15.7. The first-order valence-electron chi connectivity index (χ1n) is 11.4. The van der Waals surface area contributed by atoms with Crippen LogP contribution in [0.25, 0.3) is 22.4 Å². The fourth-order valence-corrected chi connectivity index (χ4v) is 4.34. The molecule has 0 spiro atoms. The van der Waals surface area contributed by atoms with Crippen LogP contribution in [0.4, 0.5) is 10.2 Å². The molecule has 5 rings (SSSR count). The molecule has 2 aromatic carbocycles. The second-order valence-corrected chi connectivity index (χ2v) is 8.67. The van der Waals surface area contributed by atoms with E-state index in [-0.39, 0.29) is 5.82 Å². The van der Waals surface area contributed by atoms with Crippen molar-refractivity contribution in [3.8, 4) is 22.4 Å². The molecule has 1 fully saturated rings. The van der Waals surface area contributed by atoms with Gasteiger partial charge < -0.3 is 5.73 Å². The second-order valence-electron chi connectivity index (χ2n) is 8.67. The zero-order valence-electron chi connectivity index (χ0n) is 18.6. The number of aromatic nitrogens is 4. The molecule has 1 aliphatic carbocycles. The van der Waals surface area contributed by atoms with Gasteiger partial charge in [-0.15, -0.1) is 0 Å². The van der Waals surface area contributed by atoms with Crippen molar-refractivity contribution in [2.24, 2.45) is 0 Å². The van der Waals surface area contributed by atoms with Gasteiger partial charge in [-0.2, -0.15) is 0 Å². The summed E-state index contributed by atoms with van der Waals surface area (Å²) in [6, 6.07) is 12.3. The minimum absolute atomic E-state index is 0.188. The largest absolute Gasteiger partial charge is 0.382 e. The van der Waals surface area contributed by atoms with Crippen LogP contribution in [0, 0.1) is 12.7 Å². The predicted molar refractivity (Wildman–Crippen MR) is 128 cm³/mol. The van der Waals surface area contributed by atoms with Gasteiger partial charge in [0.15, 0.2) is 0 Å². The standard InChI is InChI=1S/C27H26FN5/c1-17-30-13-21(14-31-17)19-8-5-18(6-9-19)7-10-23-22(20-3-2-4-20)11-12-24(27(23)28)25-15-33-26(29)16-32-25/h5-6,8-9,11-16,20H,2-4,7,10H2,1H3,(H2,29,33). The van der Waals surface area contributed by atoms with Gasteiger partial charge in [-0.25, -0.2) is 19.3 Å². The minimum atomic E-state index is -0.188. The highest BCUT2D eigenvalue weighted by Crippen LogP contribution is 2.40. The van der Waals surface area contributed by atoms with Gasteiger partial charge in [-0.3, -0.25) is 4.98 Å². The molecule has 2 aromatic heterocycles. The summed E-state index contributed by atoms with van der Waals surface area (Å²) in [5, 5.41) is 0. The van der Waals surface area contributed by atoms with Crippen LogP contribution in [0.5, 0.6) is 0 Å². The third kappa shape index (κ3) is 4.46. The number of halogens is 1. The maximum absolute atomic E-state index is 15.7. The first-order chi connectivity index (χ1) is 16.1. The molecule has 0 saturated heterocycles. The van der Waals surface area contributed by atoms with E-state index in [0.29, 0.717) is 29.4 Å². The summed E-state index contributed by atoms with van der Waals surface area (Å²) in [6.07, 6.45) is 11.5. The van der Waals surface area contributed by atoms with Gasteiger partial charge in [0.05, 0.1) is 18.1 Å². The zero-order valence-corrected chi connectivity index (χ0v) is 18.6. The normalized spacial score (nSPS) is 13.6. The van der Waals surface area contributed by atoms with Crippen molar-refractivity contribution in [3.63, 3.8) is 0 Å². The van der Waals surface area contributed by atoms with Crippen LogP contribution in [-0.4, -0.2) is 19.9 Å². The SMILES string of the molecule is Cc1ncc(-c2ccc(CCc3c(C4CCC4)ccc(-c4cnc(N)cn4)c3F)cc2)cn1. The molecule has 0 aliphatic heterocycles. The highest BCUT2D eigenvalue weighted by Gasteiger charge is 2.25. The van der Waals surface area contributed by atoms with Gasteiger partial charge >= 0.3 is 0 Å². The lowest BCUT2D eigenvalue weighted by molar-refractivity contribution is 0.414. The van der Waals surface area contributed by atoms with Crippen LogP contribution >= 0.6 is 0 Å². The van der Waals surface area contributed by atoms with Crippen LogP contribution in [0.1, 0.15) is 47.7 Å². The van der Waals surface area contributed by atoms with Crippen LogP contribution < -0.4 is 5.73 Å². The van der Waals surface area contributed by atoms with Crippen molar-refractivity contribution < 1.29 is 4.39 Å². The maximum Gasteiger partial charge on any atom is 0.141 e. The highest BCUT2D eigenvalue weighted by atomic mass is 19.1. The Morgan fingerprint density at radius 3 is 2.24 bits per heavy atom. The monoisotopic (exact) mass is 439 g/mol. The summed E-state index contributed by atoms with van der Waals surface area (Å²) in [4.78, 5) is 16.9. The van der Waals surface area contributed by atoms with Crippen LogP contribution in [0.2, 0.25) is 0 Å². The molecule has 0 amide bonds. The Morgan fingerprint density at radius 1 is 0.848 bits per heavy atom. The van der Waals surface area contributed by atoms with E-state index in [1.807, 2.05) is 25.4 Å². The maximum atomic E-state index is 15.7. The van der Waals surface area contributed by atoms with E-state index in [9.17, 15) is 0 Å². The van der Waals surface area contributed by atoms with E-state index < -0.39 is 0 Å². The van der Waals surface area contributed by atoms with Crippen LogP contribution in [0.3, 0.4) is 0 Å². The number of anilines is 1. The van der Waals surface area contributed by atoms with Gasteiger partial charge in [0, 0.05) is 23.5 Å². The Bertz CT molecular complexity index is 1250. The zero-order chi connectivity index (χ0) is 22.8. The summed E-state index contributed by atoms with van der Waals surface area (Å²) >= 11 is 0. The van der Waals surface area contributed by atoms with Crippen molar-refractivity contribution in [1.29, 1.82) is 0 Å². The molecule has 2 N–H and O–H groups in total. The number of hydrogen-bond donors (Lipinski definition) is 1. The van der Waals surface area contributed by atoms with Gasteiger partial charge in [0.2, 0.25) is 0 Å². The Labute approximate surface area is 193 Å². The number of nitrogen functional groups attached to an aromatic ring is 1. The van der Waals surface area contributed by atoms with E-state index in [4.69, 9.17) is 5.73 Å². The Kier molecular flexibility index (Phi) is 5.82. The molecule has 166 valence electrons. The van der Waals surface area contributed by atoms with Crippen molar-refractivity contribution >= 4 is 5.82 Å². The molecular formula is C27H26FN5. The molecule has 1 saturated carbocycles. The van der Waals surface area contributed by atoms with E-state index >= 15 is 4.39 Å². The highest BCUT2D eigenvalue weighted by molar-refractivity contribution is 5.63. The molecular weight excluding hydrogens is 413 g/mol.